The van der Waals surface area contributed by atoms with Crippen LogP contribution in [0, 0.1) is 15.9 Å². The molecule has 1 N–H and O–H groups in total. The summed E-state index contributed by atoms with van der Waals surface area (Å²) in [5, 5.41) is 13.1. The van der Waals surface area contributed by atoms with Crippen molar-refractivity contribution in [1.29, 1.82) is 0 Å². The van der Waals surface area contributed by atoms with Crippen LogP contribution in [0.25, 0.3) is 0 Å². The van der Waals surface area contributed by atoms with E-state index in [2.05, 4.69) is 5.32 Å². The molecule has 1 fully saturated rings. The second-order valence-corrected chi connectivity index (χ2v) is 5.61. The highest BCUT2D eigenvalue weighted by molar-refractivity contribution is 5.86. The van der Waals surface area contributed by atoms with Crippen LogP contribution < -0.4 is 5.32 Å². The maximum Gasteiger partial charge on any atom is 0.269 e. The van der Waals surface area contributed by atoms with E-state index in [9.17, 15) is 28.1 Å². The van der Waals surface area contributed by atoms with Gasteiger partial charge in [-0.1, -0.05) is 0 Å². The zero-order chi connectivity index (χ0) is 16.5. The third-order valence-electron chi connectivity index (χ3n) is 4.06. The molecule has 22 heavy (non-hydrogen) atoms. The fourth-order valence-electron chi connectivity index (χ4n) is 2.63. The second-order valence-electron chi connectivity index (χ2n) is 5.61. The van der Waals surface area contributed by atoms with Crippen LogP contribution in [0.4, 0.5) is 18.9 Å². The highest BCUT2D eigenvalue weighted by Gasteiger charge is 2.48. The summed E-state index contributed by atoms with van der Waals surface area (Å²) in [6, 6.07) is 2.97. The lowest BCUT2D eigenvalue weighted by atomic mass is 9.78. The van der Waals surface area contributed by atoms with Crippen LogP contribution in [0.15, 0.2) is 18.2 Å². The number of alkyl halides is 2. The minimum Gasteiger partial charge on any atom is -0.344 e. The molecule has 1 saturated heterocycles. The number of non-ortho nitro benzene ring substituents is 1. The Balaban J connectivity index is 2.36. The normalized spacial score (nSPS) is 28.3. The van der Waals surface area contributed by atoms with E-state index in [4.69, 9.17) is 0 Å². The smallest absolute Gasteiger partial charge is 0.269 e. The first-order chi connectivity index (χ1) is 10.2. The highest BCUT2D eigenvalue weighted by Crippen LogP contribution is 2.39. The van der Waals surface area contributed by atoms with Gasteiger partial charge in [0.25, 0.3) is 11.6 Å². The molecular weight excluding hydrogens is 301 g/mol. The van der Waals surface area contributed by atoms with Gasteiger partial charge in [0, 0.05) is 24.1 Å². The van der Waals surface area contributed by atoms with E-state index in [0.29, 0.717) is 0 Å². The van der Waals surface area contributed by atoms with E-state index in [1.165, 1.54) is 6.92 Å². The number of halogens is 3. The van der Waals surface area contributed by atoms with E-state index in [-0.39, 0.29) is 24.1 Å². The Morgan fingerprint density at radius 3 is 2.64 bits per heavy atom. The minimum absolute atomic E-state index is 0.00727. The third kappa shape index (κ3) is 2.77. The number of carbonyl (C=O) groups excluding carboxylic acids is 1. The molecule has 0 bridgehead atoms. The van der Waals surface area contributed by atoms with Crippen molar-refractivity contribution in [2.45, 2.75) is 37.4 Å². The SMILES string of the molecule is C[C@@]1(c2cc([N+](=O)[O-])ccc2F)CC[C@](F)(CCF)C(=O)N1. The Kier molecular flexibility index (Phi) is 4.12. The van der Waals surface area contributed by atoms with Crippen LogP contribution in [0.1, 0.15) is 31.7 Å². The average Bonchev–Trinajstić information content (AvgIpc) is 2.44. The molecule has 0 radical (unpaired) electrons. The van der Waals surface area contributed by atoms with E-state index in [1.807, 2.05) is 0 Å². The first kappa shape index (κ1) is 16.3. The van der Waals surface area contributed by atoms with Crippen LogP contribution in [0.2, 0.25) is 0 Å². The topological polar surface area (TPSA) is 72.2 Å². The number of benzene rings is 1. The van der Waals surface area contributed by atoms with E-state index >= 15 is 0 Å². The molecule has 0 unspecified atom stereocenters. The summed E-state index contributed by atoms with van der Waals surface area (Å²) in [6.07, 6.45) is -0.832. The number of nitro benzene ring substituents is 1. The Bertz CT molecular complexity index is 625. The number of rotatable bonds is 4. The Labute approximate surface area is 124 Å². The van der Waals surface area contributed by atoms with Gasteiger partial charge in [0.2, 0.25) is 0 Å². The van der Waals surface area contributed by atoms with Crippen molar-refractivity contribution in [2.75, 3.05) is 6.67 Å². The number of piperidine rings is 1. The fraction of sp³-hybridized carbons (Fsp3) is 0.500. The summed E-state index contributed by atoms with van der Waals surface area (Å²) in [4.78, 5) is 22.0. The molecule has 120 valence electrons. The third-order valence-corrected chi connectivity index (χ3v) is 4.06. The van der Waals surface area contributed by atoms with Crippen molar-refractivity contribution < 1.29 is 22.9 Å². The fourth-order valence-corrected chi connectivity index (χ4v) is 2.63. The average molecular weight is 316 g/mol. The Hall–Kier alpha value is -2.12. The van der Waals surface area contributed by atoms with Crippen molar-refractivity contribution in [3.63, 3.8) is 0 Å². The molecule has 1 aliphatic rings. The Morgan fingerprint density at radius 2 is 2.09 bits per heavy atom. The lowest BCUT2D eigenvalue weighted by Crippen LogP contribution is -2.57. The summed E-state index contributed by atoms with van der Waals surface area (Å²) >= 11 is 0. The molecular formula is C14H15F3N2O3. The molecule has 1 aromatic rings. The molecule has 1 aromatic carbocycles. The van der Waals surface area contributed by atoms with Gasteiger partial charge in [0.05, 0.1) is 17.1 Å². The second kappa shape index (κ2) is 5.58. The number of carbonyl (C=O) groups is 1. The standard InChI is InChI=1S/C14H15F3N2O3/c1-13(4-5-14(17,6-7-15)12(20)18-13)10-8-9(19(21)22)2-3-11(10)16/h2-3,8H,4-7H2,1H3,(H,18,20)/t13-,14-/m0/s1. The van der Waals surface area contributed by atoms with Crippen LogP contribution in [0.5, 0.6) is 0 Å². The zero-order valence-electron chi connectivity index (χ0n) is 11.9. The molecule has 1 heterocycles. The predicted molar refractivity (Wildman–Crippen MR) is 72.2 cm³/mol. The molecule has 5 nitrogen and oxygen atoms in total. The Morgan fingerprint density at radius 1 is 1.41 bits per heavy atom. The van der Waals surface area contributed by atoms with Gasteiger partial charge in [-0.15, -0.1) is 0 Å². The van der Waals surface area contributed by atoms with Crippen molar-refractivity contribution >= 4 is 11.6 Å². The molecule has 0 aromatic heterocycles. The quantitative estimate of drug-likeness (QED) is 0.685. The number of hydrogen-bond acceptors (Lipinski definition) is 3. The number of hydrogen-bond donors (Lipinski definition) is 1. The van der Waals surface area contributed by atoms with E-state index < -0.39 is 41.0 Å². The van der Waals surface area contributed by atoms with E-state index in [1.54, 1.807) is 0 Å². The molecule has 0 saturated carbocycles. The molecule has 1 amide bonds. The van der Waals surface area contributed by atoms with Crippen LogP contribution in [0.3, 0.4) is 0 Å². The summed E-state index contributed by atoms with van der Waals surface area (Å²) in [5.74, 6) is -1.75. The number of nitrogens with zero attached hydrogens (tertiary/aromatic N) is 1. The zero-order valence-corrected chi connectivity index (χ0v) is 11.9. The minimum atomic E-state index is -2.33. The molecule has 2 atom stereocenters. The molecule has 2 rings (SSSR count). The van der Waals surface area contributed by atoms with Crippen molar-refractivity contribution in [3.8, 4) is 0 Å². The number of nitro groups is 1. The number of nitrogens with one attached hydrogen (secondary N) is 1. The van der Waals surface area contributed by atoms with Crippen LogP contribution in [-0.2, 0) is 10.3 Å². The van der Waals surface area contributed by atoms with Gasteiger partial charge < -0.3 is 5.32 Å². The van der Waals surface area contributed by atoms with Crippen LogP contribution in [-0.4, -0.2) is 23.2 Å². The number of amides is 1. The lowest BCUT2D eigenvalue weighted by molar-refractivity contribution is -0.385. The maximum absolute atomic E-state index is 14.3. The van der Waals surface area contributed by atoms with Gasteiger partial charge in [0.15, 0.2) is 5.67 Å². The van der Waals surface area contributed by atoms with Crippen LogP contribution >= 0.6 is 0 Å². The largest absolute Gasteiger partial charge is 0.344 e. The molecule has 8 heteroatoms. The van der Waals surface area contributed by atoms with Gasteiger partial charge in [-0.3, -0.25) is 19.3 Å². The molecule has 0 spiro atoms. The predicted octanol–water partition coefficient (Wildman–Crippen LogP) is 2.93. The highest BCUT2D eigenvalue weighted by atomic mass is 19.2. The van der Waals surface area contributed by atoms with Gasteiger partial charge in [-0.2, -0.15) is 0 Å². The summed E-state index contributed by atoms with van der Waals surface area (Å²) in [7, 11) is 0. The van der Waals surface area contributed by atoms with Crippen molar-refractivity contribution in [2.24, 2.45) is 0 Å². The lowest BCUT2D eigenvalue weighted by Gasteiger charge is -2.41. The van der Waals surface area contributed by atoms with E-state index in [0.717, 1.165) is 18.2 Å². The van der Waals surface area contributed by atoms with Gasteiger partial charge in [0.1, 0.15) is 5.82 Å². The van der Waals surface area contributed by atoms with Gasteiger partial charge in [-0.05, 0) is 25.8 Å². The van der Waals surface area contributed by atoms with Crippen molar-refractivity contribution in [1.82, 2.24) is 5.32 Å². The monoisotopic (exact) mass is 316 g/mol. The first-order valence-corrected chi connectivity index (χ1v) is 6.74. The van der Waals surface area contributed by atoms with Gasteiger partial charge in [-0.25, -0.2) is 8.78 Å². The summed E-state index contributed by atoms with van der Waals surface area (Å²) in [5.41, 5.74) is -4.02. The van der Waals surface area contributed by atoms with Crippen molar-refractivity contribution in [3.05, 3.63) is 39.7 Å². The molecule has 0 aliphatic carbocycles. The molecule has 1 aliphatic heterocycles. The maximum atomic E-state index is 14.3. The summed E-state index contributed by atoms with van der Waals surface area (Å²) in [6.45, 7) is 0.480. The first-order valence-electron chi connectivity index (χ1n) is 6.74. The van der Waals surface area contributed by atoms with Gasteiger partial charge >= 0.3 is 0 Å². The summed E-state index contributed by atoms with van der Waals surface area (Å²) < 4.78 is 40.6.